The van der Waals surface area contributed by atoms with Crippen LogP contribution < -0.4 is 10.1 Å². The number of hydrogen-bond donors (Lipinski definition) is 1. The lowest BCUT2D eigenvalue weighted by Crippen LogP contribution is -2.02. The summed E-state index contributed by atoms with van der Waals surface area (Å²) in [6, 6.07) is 11.4. The van der Waals surface area contributed by atoms with Gasteiger partial charge in [-0.25, -0.2) is 0 Å². The van der Waals surface area contributed by atoms with E-state index in [-0.39, 0.29) is 0 Å². The highest BCUT2D eigenvalue weighted by Gasteiger charge is 2.09. The first-order valence-corrected chi connectivity index (χ1v) is 7.04. The Balaban J connectivity index is 2.24. The monoisotopic (exact) mass is 281 g/mol. The largest absolute Gasteiger partial charge is 0.438 e. The van der Waals surface area contributed by atoms with Crippen molar-refractivity contribution in [2.75, 3.05) is 11.9 Å². The Kier molecular flexibility index (Phi) is 4.78. The first-order valence-electron chi connectivity index (χ1n) is 7.04. The fourth-order valence-electron chi connectivity index (χ4n) is 2.10. The third-order valence-corrected chi connectivity index (χ3v) is 3.08. The van der Waals surface area contributed by atoms with Crippen LogP contribution >= 0.6 is 0 Å². The summed E-state index contributed by atoms with van der Waals surface area (Å²) >= 11 is 0. The molecule has 0 spiro atoms. The third kappa shape index (κ3) is 3.73. The molecule has 0 aliphatic carbocycles. The molecule has 0 unspecified atom stereocenters. The van der Waals surface area contributed by atoms with E-state index in [1.807, 2.05) is 44.2 Å². The molecule has 1 aromatic carbocycles. The number of rotatable bonds is 5. The number of ether oxygens (including phenoxy) is 1. The van der Waals surface area contributed by atoms with E-state index in [0.717, 1.165) is 35.7 Å². The zero-order chi connectivity index (χ0) is 15.2. The minimum Gasteiger partial charge on any atom is -0.438 e. The van der Waals surface area contributed by atoms with Crippen LogP contribution in [0.1, 0.15) is 30.0 Å². The molecule has 21 heavy (non-hydrogen) atoms. The summed E-state index contributed by atoms with van der Waals surface area (Å²) in [7, 11) is 0. The lowest BCUT2D eigenvalue weighted by atomic mass is 10.1. The Bertz CT molecular complexity index is 651. The van der Waals surface area contributed by atoms with Gasteiger partial charge in [0.2, 0.25) is 5.88 Å². The van der Waals surface area contributed by atoms with E-state index >= 15 is 0 Å². The highest BCUT2D eigenvalue weighted by molar-refractivity contribution is 5.49. The molecule has 1 N–H and O–H groups in total. The Labute approximate surface area is 125 Å². The van der Waals surface area contributed by atoms with Gasteiger partial charge in [-0.05, 0) is 49.6 Å². The minimum absolute atomic E-state index is 0.548. The molecule has 0 bridgehead atoms. The zero-order valence-corrected chi connectivity index (χ0v) is 12.6. The van der Waals surface area contributed by atoms with Gasteiger partial charge < -0.3 is 10.1 Å². The molecule has 1 aromatic heterocycles. The first-order chi connectivity index (χ1) is 10.1. The maximum absolute atomic E-state index is 8.97. The predicted octanol–water partition coefficient (Wildman–Crippen LogP) is 4.18. The van der Waals surface area contributed by atoms with Crippen LogP contribution in [0.2, 0.25) is 0 Å². The maximum Gasteiger partial charge on any atom is 0.221 e. The highest BCUT2D eigenvalue weighted by Crippen LogP contribution is 2.29. The summed E-state index contributed by atoms with van der Waals surface area (Å²) in [5.74, 6) is 2.11. The summed E-state index contributed by atoms with van der Waals surface area (Å²) in [4.78, 5) is 4.43. The number of aromatic nitrogens is 1. The number of nitrogens with zero attached hydrogens (tertiary/aromatic N) is 2. The second kappa shape index (κ2) is 6.76. The van der Waals surface area contributed by atoms with Crippen molar-refractivity contribution < 1.29 is 4.74 Å². The number of benzene rings is 1. The van der Waals surface area contributed by atoms with Gasteiger partial charge in [-0.1, -0.05) is 13.0 Å². The van der Waals surface area contributed by atoms with Crippen LogP contribution in [-0.4, -0.2) is 11.5 Å². The van der Waals surface area contributed by atoms with E-state index < -0.39 is 0 Å². The van der Waals surface area contributed by atoms with Gasteiger partial charge in [0.15, 0.2) is 0 Å². The van der Waals surface area contributed by atoms with E-state index in [1.54, 1.807) is 0 Å². The SMILES string of the molecule is CCCNc1cccc(Oc2c(C)cc(C#N)cc2C)n1. The molecule has 0 aliphatic rings. The van der Waals surface area contributed by atoms with Crippen molar-refractivity contribution >= 4 is 5.82 Å². The Morgan fingerprint density at radius 1 is 1.24 bits per heavy atom. The number of anilines is 1. The second-order valence-electron chi connectivity index (χ2n) is 4.94. The number of pyridine rings is 1. The molecule has 0 amide bonds. The van der Waals surface area contributed by atoms with Crippen molar-refractivity contribution in [1.82, 2.24) is 4.98 Å². The van der Waals surface area contributed by atoms with Crippen LogP contribution in [0.25, 0.3) is 0 Å². The predicted molar refractivity (Wildman–Crippen MR) is 83.7 cm³/mol. The van der Waals surface area contributed by atoms with Gasteiger partial charge in [0.1, 0.15) is 11.6 Å². The average Bonchev–Trinajstić information content (AvgIpc) is 2.49. The third-order valence-electron chi connectivity index (χ3n) is 3.08. The number of nitriles is 1. The topological polar surface area (TPSA) is 57.9 Å². The van der Waals surface area contributed by atoms with Crippen molar-refractivity contribution in [1.29, 1.82) is 5.26 Å². The standard InChI is InChI=1S/C17H19N3O/c1-4-8-19-15-6-5-7-16(20-15)21-17-12(2)9-14(11-18)10-13(17)3/h5-7,9-10H,4,8H2,1-3H3,(H,19,20). The molecule has 0 atom stereocenters. The van der Waals surface area contributed by atoms with E-state index in [1.165, 1.54) is 0 Å². The van der Waals surface area contributed by atoms with Crippen LogP contribution in [0.5, 0.6) is 11.6 Å². The quantitative estimate of drug-likeness (QED) is 0.893. The van der Waals surface area contributed by atoms with E-state index in [4.69, 9.17) is 10.00 Å². The number of aryl methyl sites for hydroxylation is 2. The van der Waals surface area contributed by atoms with Crippen LogP contribution in [-0.2, 0) is 0 Å². The van der Waals surface area contributed by atoms with Crippen LogP contribution in [0.15, 0.2) is 30.3 Å². The molecule has 108 valence electrons. The average molecular weight is 281 g/mol. The normalized spacial score (nSPS) is 10.0. The smallest absolute Gasteiger partial charge is 0.221 e. The summed E-state index contributed by atoms with van der Waals surface area (Å²) in [6.07, 6.45) is 1.04. The summed E-state index contributed by atoms with van der Waals surface area (Å²) in [5.41, 5.74) is 2.50. The molecule has 0 fully saturated rings. The molecular formula is C17H19N3O. The summed E-state index contributed by atoms with van der Waals surface area (Å²) < 4.78 is 5.90. The van der Waals surface area contributed by atoms with Gasteiger partial charge in [0.05, 0.1) is 11.6 Å². The van der Waals surface area contributed by atoms with Crippen molar-refractivity contribution in [2.24, 2.45) is 0 Å². The maximum atomic E-state index is 8.97. The highest BCUT2D eigenvalue weighted by atomic mass is 16.5. The van der Waals surface area contributed by atoms with Crippen LogP contribution in [0, 0.1) is 25.2 Å². The van der Waals surface area contributed by atoms with E-state index in [9.17, 15) is 0 Å². The lowest BCUT2D eigenvalue weighted by molar-refractivity contribution is 0.456. The number of hydrogen-bond acceptors (Lipinski definition) is 4. The minimum atomic E-state index is 0.548. The lowest BCUT2D eigenvalue weighted by Gasteiger charge is -2.12. The molecule has 4 heteroatoms. The Hall–Kier alpha value is -2.54. The van der Waals surface area contributed by atoms with Gasteiger partial charge in [-0.2, -0.15) is 10.2 Å². The molecule has 0 aliphatic heterocycles. The fraction of sp³-hybridized carbons (Fsp3) is 0.294. The number of nitrogens with one attached hydrogen (secondary N) is 1. The molecule has 0 radical (unpaired) electrons. The van der Waals surface area contributed by atoms with Crippen LogP contribution in [0.3, 0.4) is 0 Å². The fourth-order valence-corrected chi connectivity index (χ4v) is 2.10. The zero-order valence-electron chi connectivity index (χ0n) is 12.6. The van der Waals surface area contributed by atoms with Gasteiger partial charge >= 0.3 is 0 Å². The van der Waals surface area contributed by atoms with Gasteiger partial charge in [-0.3, -0.25) is 0 Å². The van der Waals surface area contributed by atoms with Crippen molar-refractivity contribution in [3.63, 3.8) is 0 Å². The van der Waals surface area contributed by atoms with Crippen LogP contribution in [0.4, 0.5) is 5.82 Å². The van der Waals surface area contributed by atoms with Gasteiger partial charge in [-0.15, -0.1) is 0 Å². The molecular weight excluding hydrogens is 262 g/mol. The van der Waals surface area contributed by atoms with Gasteiger partial charge in [0, 0.05) is 12.6 Å². The molecule has 0 saturated carbocycles. The molecule has 2 rings (SSSR count). The Morgan fingerprint density at radius 2 is 1.95 bits per heavy atom. The second-order valence-corrected chi connectivity index (χ2v) is 4.94. The molecule has 2 aromatic rings. The van der Waals surface area contributed by atoms with Crippen molar-refractivity contribution in [3.05, 3.63) is 47.0 Å². The van der Waals surface area contributed by atoms with Crippen molar-refractivity contribution in [2.45, 2.75) is 27.2 Å². The van der Waals surface area contributed by atoms with Crippen molar-refractivity contribution in [3.8, 4) is 17.7 Å². The van der Waals surface area contributed by atoms with Gasteiger partial charge in [0.25, 0.3) is 0 Å². The van der Waals surface area contributed by atoms with E-state index in [2.05, 4.69) is 23.3 Å². The molecule has 1 heterocycles. The molecule has 4 nitrogen and oxygen atoms in total. The Morgan fingerprint density at radius 3 is 2.57 bits per heavy atom. The summed E-state index contributed by atoms with van der Waals surface area (Å²) in [5, 5.41) is 12.2. The van der Waals surface area contributed by atoms with E-state index in [0.29, 0.717) is 11.4 Å². The first kappa shape index (κ1) is 14.9. The summed E-state index contributed by atoms with van der Waals surface area (Å²) in [6.45, 7) is 6.85. The molecule has 0 saturated heterocycles.